The van der Waals surface area contributed by atoms with Crippen molar-refractivity contribution in [3.63, 3.8) is 0 Å². The molecule has 3 aliphatic heterocycles. The van der Waals surface area contributed by atoms with E-state index in [-0.39, 0.29) is 19.3 Å². The standard InChI is InChI=1S/C21H36O11/c1-9-18(24)13(6-15(23)27-9)31-16-7-14(19(25)10(2)28-16)32-17-8-21(5,26)20(11(3)29-17)30-12(4)22/h9-11,13-20,23-26H,6-8H2,1-5H3/t9-,10-,11+,13-,14-,15-,16+,17-,18+,19-,20+,21+/m1/s1. The number of carbonyl (C=O) groups excluding carboxylic acids is 1. The van der Waals surface area contributed by atoms with Gasteiger partial charge in [0.25, 0.3) is 0 Å². The highest BCUT2D eigenvalue weighted by atomic mass is 16.7. The van der Waals surface area contributed by atoms with E-state index in [1.54, 1.807) is 27.7 Å². The molecule has 0 radical (unpaired) electrons. The van der Waals surface area contributed by atoms with Crippen LogP contribution in [-0.4, -0.2) is 99.7 Å². The van der Waals surface area contributed by atoms with Crippen molar-refractivity contribution in [2.75, 3.05) is 0 Å². The van der Waals surface area contributed by atoms with E-state index in [4.69, 9.17) is 28.4 Å². The van der Waals surface area contributed by atoms with Crippen molar-refractivity contribution >= 4 is 5.97 Å². The Morgan fingerprint density at radius 1 is 0.875 bits per heavy atom. The van der Waals surface area contributed by atoms with Crippen LogP contribution >= 0.6 is 0 Å². The topological polar surface area (TPSA) is 153 Å². The molecule has 0 aromatic rings. The molecule has 3 rings (SSSR count). The Morgan fingerprint density at radius 2 is 1.41 bits per heavy atom. The molecule has 0 spiro atoms. The van der Waals surface area contributed by atoms with Crippen LogP contribution in [0.3, 0.4) is 0 Å². The molecule has 0 aliphatic carbocycles. The maximum atomic E-state index is 11.4. The Balaban J connectivity index is 1.62. The number of aliphatic hydroxyl groups is 4. The summed E-state index contributed by atoms with van der Waals surface area (Å²) in [5, 5.41) is 41.5. The van der Waals surface area contributed by atoms with Crippen molar-refractivity contribution in [3.05, 3.63) is 0 Å². The smallest absolute Gasteiger partial charge is 0.303 e. The zero-order valence-corrected chi connectivity index (χ0v) is 19.1. The van der Waals surface area contributed by atoms with Crippen molar-refractivity contribution in [3.8, 4) is 0 Å². The van der Waals surface area contributed by atoms with Crippen LogP contribution in [0.2, 0.25) is 0 Å². The third-order valence-electron chi connectivity index (χ3n) is 6.25. The van der Waals surface area contributed by atoms with E-state index in [1.807, 2.05) is 0 Å². The lowest BCUT2D eigenvalue weighted by molar-refractivity contribution is -0.331. The summed E-state index contributed by atoms with van der Waals surface area (Å²) >= 11 is 0. The summed E-state index contributed by atoms with van der Waals surface area (Å²) in [7, 11) is 0. The second-order valence-electron chi connectivity index (χ2n) is 9.23. The van der Waals surface area contributed by atoms with Gasteiger partial charge in [-0.25, -0.2) is 0 Å². The maximum absolute atomic E-state index is 11.4. The van der Waals surface area contributed by atoms with Crippen molar-refractivity contribution in [2.24, 2.45) is 0 Å². The van der Waals surface area contributed by atoms with Crippen molar-refractivity contribution < 1.29 is 53.6 Å². The number of ether oxygens (including phenoxy) is 6. The molecule has 11 nitrogen and oxygen atoms in total. The minimum absolute atomic E-state index is 0.0294. The number of hydrogen-bond donors (Lipinski definition) is 4. The second-order valence-corrected chi connectivity index (χ2v) is 9.23. The van der Waals surface area contributed by atoms with Crippen molar-refractivity contribution in [1.82, 2.24) is 0 Å². The molecular weight excluding hydrogens is 428 g/mol. The average Bonchev–Trinajstić information content (AvgIpc) is 2.66. The van der Waals surface area contributed by atoms with Gasteiger partial charge in [-0.05, 0) is 27.7 Å². The van der Waals surface area contributed by atoms with Gasteiger partial charge >= 0.3 is 5.97 Å². The zero-order chi connectivity index (χ0) is 23.8. The molecule has 3 saturated heterocycles. The Kier molecular flexibility index (Phi) is 8.17. The fourth-order valence-electron chi connectivity index (χ4n) is 4.58. The molecule has 3 heterocycles. The minimum Gasteiger partial charge on any atom is -0.457 e. The molecule has 3 aliphatic rings. The molecule has 0 saturated carbocycles. The molecule has 0 amide bonds. The van der Waals surface area contributed by atoms with Gasteiger partial charge in [-0.1, -0.05) is 0 Å². The summed E-state index contributed by atoms with van der Waals surface area (Å²) in [6.45, 7) is 7.79. The summed E-state index contributed by atoms with van der Waals surface area (Å²) < 4.78 is 33.8. The quantitative estimate of drug-likeness (QED) is 0.392. The predicted octanol–water partition coefficient (Wildman–Crippen LogP) is -0.442. The normalized spacial score (nSPS) is 50.1. The van der Waals surface area contributed by atoms with E-state index in [1.165, 1.54) is 6.92 Å². The van der Waals surface area contributed by atoms with Crippen LogP contribution in [0.25, 0.3) is 0 Å². The molecule has 186 valence electrons. The lowest BCUT2D eigenvalue weighted by Gasteiger charge is -2.46. The van der Waals surface area contributed by atoms with Crippen LogP contribution in [0.1, 0.15) is 53.9 Å². The summed E-state index contributed by atoms with van der Waals surface area (Å²) in [6, 6.07) is 0. The molecule has 0 unspecified atom stereocenters. The number of esters is 1. The fraction of sp³-hybridized carbons (Fsp3) is 0.952. The number of hydrogen-bond acceptors (Lipinski definition) is 11. The molecule has 3 fully saturated rings. The van der Waals surface area contributed by atoms with Crippen LogP contribution in [0, 0.1) is 0 Å². The van der Waals surface area contributed by atoms with E-state index >= 15 is 0 Å². The average molecular weight is 465 g/mol. The van der Waals surface area contributed by atoms with Gasteiger partial charge in [0.05, 0.1) is 30.5 Å². The Hall–Kier alpha value is -0.890. The van der Waals surface area contributed by atoms with Gasteiger partial charge in [0.1, 0.15) is 17.8 Å². The third-order valence-corrected chi connectivity index (χ3v) is 6.25. The third kappa shape index (κ3) is 5.96. The highest BCUT2D eigenvalue weighted by Gasteiger charge is 2.49. The van der Waals surface area contributed by atoms with E-state index in [9.17, 15) is 25.2 Å². The predicted molar refractivity (Wildman–Crippen MR) is 107 cm³/mol. The van der Waals surface area contributed by atoms with Gasteiger partial charge in [0.15, 0.2) is 25.0 Å². The largest absolute Gasteiger partial charge is 0.457 e. The molecule has 11 heteroatoms. The molecule has 4 N–H and O–H groups in total. The zero-order valence-electron chi connectivity index (χ0n) is 19.1. The molecule has 12 atom stereocenters. The van der Waals surface area contributed by atoms with Gasteiger partial charge in [0, 0.05) is 26.2 Å². The number of rotatable bonds is 5. The van der Waals surface area contributed by atoms with Gasteiger partial charge in [0.2, 0.25) is 0 Å². The highest BCUT2D eigenvalue weighted by molar-refractivity contribution is 5.66. The van der Waals surface area contributed by atoms with Gasteiger partial charge in [-0.3, -0.25) is 4.79 Å². The van der Waals surface area contributed by atoms with Gasteiger partial charge in [-0.2, -0.15) is 0 Å². The molecule has 0 aromatic heterocycles. The summed E-state index contributed by atoms with van der Waals surface area (Å²) in [5.74, 6) is -0.520. The van der Waals surface area contributed by atoms with E-state index in [2.05, 4.69) is 0 Å². The van der Waals surface area contributed by atoms with Crippen LogP contribution in [0.4, 0.5) is 0 Å². The molecular formula is C21H36O11. The van der Waals surface area contributed by atoms with Crippen LogP contribution < -0.4 is 0 Å². The van der Waals surface area contributed by atoms with E-state index in [0.717, 1.165) is 0 Å². The van der Waals surface area contributed by atoms with Crippen LogP contribution in [0.5, 0.6) is 0 Å². The van der Waals surface area contributed by atoms with Crippen molar-refractivity contribution in [1.29, 1.82) is 0 Å². The van der Waals surface area contributed by atoms with Crippen LogP contribution in [0.15, 0.2) is 0 Å². The minimum atomic E-state index is -1.38. The Morgan fingerprint density at radius 3 is 2.00 bits per heavy atom. The van der Waals surface area contributed by atoms with Gasteiger partial charge < -0.3 is 48.8 Å². The van der Waals surface area contributed by atoms with Crippen LogP contribution in [-0.2, 0) is 33.2 Å². The maximum Gasteiger partial charge on any atom is 0.303 e. The summed E-state index contributed by atoms with van der Waals surface area (Å²) in [4.78, 5) is 11.4. The Bertz CT molecular complexity index is 643. The molecule has 0 aromatic carbocycles. The first-order valence-electron chi connectivity index (χ1n) is 11.1. The molecule has 0 bridgehead atoms. The second kappa shape index (κ2) is 10.2. The first kappa shape index (κ1) is 25.7. The number of carbonyl (C=O) groups is 1. The van der Waals surface area contributed by atoms with Crippen molar-refractivity contribution in [2.45, 2.75) is 127 Å². The molecule has 32 heavy (non-hydrogen) atoms. The van der Waals surface area contributed by atoms with Gasteiger partial charge in [-0.15, -0.1) is 0 Å². The monoisotopic (exact) mass is 464 g/mol. The lowest BCUT2D eigenvalue weighted by atomic mass is 9.88. The highest BCUT2D eigenvalue weighted by Crippen LogP contribution is 2.35. The summed E-state index contributed by atoms with van der Waals surface area (Å²) in [6.07, 6.45) is -8.54. The number of aliphatic hydroxyl groups excluding tert-OH is 3. The Labute approximate surface area is 187 Å². The first-order chi connectivity index (χ1) is 14.9. The van der Waals surface area contributed by atoms with E-state index < -0.39 is 79.3 Å². The first-order valence-corrected chi connectivity index (χ1v) is 11.1. The van der Waals surface area contributed by atoms with E-state index in [0.29, 0.717) is 0 Å². The summed E-state index contributed by atoms with van der Waals surface area (Å²) in [5.41, 5.74) is -1.38. The fourth-order valence-corrected chi connectivity index (χ4v) is 4.58. The SMILES string of the molecule is CC(=O)O[C@H]1[C@H](C)O[C@H](O[C@@H]2C[C@H](O[C@@H]3C[C@H](O)O[C@H](C)[C@@H]3O)O[C@H](C)[C@H]2O)C[C@]1(C)O. The lowest BCUT2D eigenvalue weighted by Crippen LogP contribution is -2.59.